The van der Waals surface area contributed by atoms with Crippen molar-refractivity contribution in [1.29, 1.82) is 0 Å². The Kier molecular flexibility index (Phi) is 43.6. The van der Waals surface area contributed by atoms with Gasteiger partial charge >= 0.3 is 5.97 Å². The summed E-state index contributed by atoms with van der Waals surface area (Å²) in [6.45, 7) is 6.47. The van der Waals surface area contributed by atoms with Crippen molar-refractivity contribution in [2.45, 2.75) is 289 Å². The average molecular weight is 792 g/mol. The third-order valence-electron chi connectivity index (χ3n) is 11.6. The molecule has 0 heterocycles. The van der Waals surface area contributed by atoms with Crippen LogP contribution in [0.5, 0.6) is 0 Å². The monoisotopic (exact) mass is 792 g/mol. The molecule has 0 radical (unpaired) electrons. The van der Waals surface area contributed by atoms with E-state index in [4.69, 9.17) is 4.74 Å². The van der Waals surface area contributed by atoms with E-state index in [1.54, 1.807) is 0 Å². The first-order valence-electron chi connectivity index (χ1n) is 24.9. The van der Waals surface area contributed by atoms with Gasteiger partial charge in [0.05, 0.1) is 25.2 Å². The number of ether oxygens (including phenoxy) is 1. The Bertz CT molecular complexity index is 847. The van der Waals surface area contributed by atoms with Gasteiger partial charge in [0.15, 0.2) is 0 Å². The van der Waals surface area contributed by atoms with Gasteiger partial charge in [-0.05, 0) is 51.4 Å². The van der Waals surface area contributed by atoms with Gasteiger partial charge in [0.25, 0.3) is 0 Å². The Balaban J connectivity index is 4.57. The Morgan fingerprint density at radius 1 is 0.500 bits per heavy atom. The molecule has 0 saturated heterocycles. The van der Waals surface area contributed by atoms with Crippen LogP contribution < -0.4 is 5.32 Å². The fraction of sp³-hybridized carbons (Fsp3) is 0.920. The first-order chi connectivity index (χ1) is 27.5. The van der Waals surface area contributed by atoms with E-state index in [1.807, 2.05) is 0 Å². The summed E-state index contributed by atoms with van der Waals surface area (Å²) in [7, 11) is 0. The van der Waals surface area contributed by atoms with Crippen molar-refractivity contribution in [3.8, 4) is 0 Å². The number of carbonyl (C=O) groups excluding carboxylic acids is 2. The van der Waals surface area contributed by atoms with Crippen LogP contribution in [0.15, 0.2) is 12.2 Å². The highest BCUT2D eigenvalue weighted by Gasteiger charge is 2.24. The summed E-state index contributed by atoms with van der Waals surface area (Å²) >= 11 is 0. The second-order valence-electron chi connectivity index (χ2n) is 17.2. The number of hydrogen-bond acceptors (Lipinski definition) is 5. The number of unbranched alkanes of at least 4 members (excludes halogenated alkanes) is 31. The molecule has 0 aliphatic carbocycles. The summed E-state index contributed by atoms with van der Waals surface area (Å²) in [5.74, 6) is -0.478. The highest BCUT2D eigenvalue weighted by molar-refractivity contribution is 5.77. The number of allylic oxidation sites excluding steroid dienone is 2. The van der Waals surface area contributed by atoms with Crippen molar-refractivity contribution < 1.29 is 24.5 Å². The minimum absolute atomic E-state index is 0.0784. The molecule has 0 aromatic heterocycles. The summed E-state index contributed by atoms with van der Waals surface area (Å²) < 4.78 is 5.92. The van der Waals surface area contributed by atoms with Gasteiger partial charge in [0, 0.05) is 6.42 Å². The maximum Gasteiger partial charge on any atom is 0.306 e. The second kappa shape index (κ2) is 44.7. The number of hydrogen-bond donors (Lipinski definition) is 3. The van der Waals surface area contributed by atoms with Gasteiger partial charge in [-0.3, -0.25) is 9.59 Å². The summed E-state index contributed by atoms with van der Waals surface area (Å²) in [6, 6.07) is -0.696. The van der Waals surface area contributed by atoms with Crippen LogP contribution in [0.4, 0.5) is 0 Å². The van der Waals surface area contributed by atoms with Gasteiger partial charge in [-0.2, -0.15) is 0 Å². The minimum atomic E-state index is -0.782. The second-order valence-corrected chi connectivity index (χ2v) is 17.2. The highest BCUT2D eigenvalue weighted by atomic mass is 16.5. The zero-order chi connectivity index (χ0) is 41.0. The van der Waals surface area contributed by atoms with Crippen LogP contribution in [0, 0.1) is 0 Å². The molecule has 6 nitrogen and oxygen atoms in total. The molecular formula is C50H97NO5. The lowest BCUT2D eigenvalue weighted by Crippen LogP contribution is -2.46. The number of rotatable bonds is 45. The molecule has 0 aromatic rings. The van der Waals surface area contributed by atoms with Crippen molar-refractivity contribution in [2.24, 2.45) is 0 Å². The zero-order valence-electron chi connectivity index (χ0n) is 37.8. The number of aliphatic hydroxyl groups excluding tert-OH is 2. The normalized spacial score (nSPS) is 13.3. The lowest BCUT2D eigenvalue weighted by molar-refractivity contribution is -0.151. The lowest BCUT2D eigenvalue weighted by atomic mass is 10.0. The van der Waals surface area contributed by atoms with Crippen LogP contribution >= 0.6 is 0 Å². The summed E-state index contributed by atoms with van der Waals surface area (Å²) in [5.41, 5.74) is 0. The Morgan fingerprint density at radius 2 is 0.857 bits per heavy atom. The zero-order valence-corrected chi connectivity index (χ0v) is 37.8. The number of esters is 1. The van der Waals surface area contributed by atoms with E-state index in [0.717, 1.165) is 51.4 Å². The number of amides is 1. The summed E-state index contributed by atoms with van der Waals surface area (Å²) in [4.78, 5) is 26.0. The largest absolute Gasteiger partial charge is 0.462 e. The van der Waals surface area contributed by atoms with Gasteiger partial charge < -0.3 is 20.3 Å². The molecule has 0 fully saturated rings. The molecule has 56 heavy (non-hydrogen) atoms. The first kappa shape index (κ1) is 54.6. The van der Waals surface area contributed by atoms with Gasteiger partial charge in [-0.15, -0.1) is 0 Å². The molecule has 0 aromatic carbocycles. The van der Waals surface area contributed by atoms with E-state index in [2.05, 4.69) is 38.2 Å². The van der Waals surface area contributed by atoms with Crippen LogP contribution in [0.3, 0.4) is 0 Å². The predicted octanol–water partition coefficient (Wildman–Crippen LogP) is 14.6. The molecule has 6 heteroatoms. The quantitative estimate of drug-likeness (QED) is 0.0324. The Hall–Kier alpha value is -1.40. The van der Waals surface area contributed by atoms with E-state index >= 15 is 0 Å². The molecule has 3 unspecified atom stereocenters. The lowest BCUT2D eigenvalue weighted by Gasteiger charge is -2.24. The third kappa shape index (κ3) is 39.4. The Labute approximate surface area is 349 Å². The molecule has 1 amide bonds. The molecule has 0 rings (SSSR count). The first-order valence-corrected chi connectivity index (χ1v) is 24.9. The number of aliphatic hydroxyl groups is 2. The van der Waals surface area contributed by atoms with Gasteiger partial charge in [-0.1, -0.05) is 219 Å². The Morgan fingerprint density at radius 3 is 1.27 bits per heavy atom. The number of carbonyl (C=O) groups is 2. The van der Waals surface area contributed by atoms with Crippen molar-refractivity contribution in [2.75, 3.05) is 6.61 Å². The van der Waals surface area contributed by atoms with Gasteiger partial charge in [-0.25, -0.2) is 0 Å². The highest BCUT2D eigenvalue weighted by Crippen LogP contribution is 2.18. The molecule has 3 atom stereocenters. The van der Waals surface area contributed by atoms with E-state index in [9.17, 15) is 19.8 Å². The van der Waals surface area contributed by atoms with Crippen molar-refractivity contribution in [3.63, 3.8) is 0 Å². The smallest absolute Gasteiger partial charge is 0.306 e. The minimum Gasteiger partial charge on any atom is -0.462 e. The van der Waals surface area contributed by atoms with Crippen LogP contribution in [0.25, 0.3) is 0 Å². The standard InChI is InChI=1S/C50H97NO5/c1-4-7-10-13-16-19-22-24-26-27-29-32-35-38-41-46(56-50(55)43-40-37-34-31-28-25-23-20-17-14-11-8-5-2)44-49(54)51-47(45-52)48(53)42-39-36-33-30-21-18-15-12-9-6-3/h25,28,46-48,52-53H,4-24,26-27,29-45H2,1-3H3,(H,51,54)/b28-25-. The van der Waals surface area contributed by atoms with Crippen LogP contribution in [0.1, 0.15) is 271 Å². The molecular weight excluding hydrogens is 695 g/mol. The van der Waals surface area contributed by atoms with Crippen LogP contribution in [0.2, 0.25) is 0 Å². The van der Waals surface area contributed by atoms with Crippen LogP contribution in [-0.2, 0) is 14.3 Å². The van der Waals surface area contributed by atoms with Gasteiger partial charge in [0.2, 0.25) is 5.91 Å². The summed E-state index contributed by atoms with van der Waals surface area (Å²) in [6.07, 6.45) is 48.4. The van der Waals surface area contributed by atoms with Crippen molar-refractivity contribution in [3.05, 3.63) is 12.2 Å². The molecule has 0 saturated carbocycles. The fourth-order valence-electron chi connectivity index (χ4n) is 7.78. The van der Waals surface area contributed by atoms with Crippen molar-refractivity contribution in [1.82, 2.24) is 5.32 Å². The topological polar surface area (TPSA) is 95.9 Å². The molecule has 332 valence electrons. The summed E-state index contributed by atoms with van der Waals surface area (Å²) in [5, 5.41) is 23.7. The van der Waals surface area contributed by atoms with Crippen molar-refractivity contribution >= 4 is 11.9 Å². The maximum atomic E-state index is 13.2. The average Bonchev–Trinajstić information content (AvgIpc) is 3.19. The molecule has 3 N–H and O–H groups in total. The van der Waals surface area contributed by atoms with Crippen LogP contribution in [-0.4, -0.2) is 46.9 Å². The van der Waals surface area contributed by atoms with E-state index in [0.29, 0.717) is 19.3 Å². The molecule has 0 aliphatic rings. The van der Waals surface area contributed by atoms with E-state index in [-0.39, 0.29) is 24.9 Å². The molecule has 0 spiro atoms. The maximum absolute atomic E-state index is 13.2. The van der Waals surface area contributed by atoms with Gasteiger partial charge in [0.1, 0.15) is 6.10 Å². The third-order valence-corrected chi connectivity index (χ3v) is 11.6. The predicted molar refractivity (Wildman–Crippen MR) is 241 cm³/mol. The molecule has 0 bridgehead atoms. The molecule has 0 aliphatic heterocycles. The fourth-order valence-corrected chi connectivity index (χ4v) is 7.78. The SMILES string of the molecule is CCCCCCCC/C=C\CCCCCC(=O)OC(CCCCCCCCCCCCCCCC)CC(=O)NC(CO)C(O)CCCCCCCCCCCC. The van der Waals surface area contributed by atoms with E-state index in [1.165, 1.54) is 173 Å². The number of nitrogens with one attached hydrogen (secondary N) is 1. The van der Waals surface area contributed by atoms with E-state index < -0.39 is 18.2 Å².